The molecule has 0 radical (unpaired) electrons. The molecule has 3 nitrogen and oxygen atoms in total. The van der Waals surface area contributed by atoms with Gasteiger partial charge in [0, 0.05) is 5.92 Å². The van der Waals surface area contributed by atoms with Gasteiger partial charge in [-0.05, 0) is 25.9 Å². The van der Waals surface area contributed by atoms with Gasteiger partial charge < -0.3 is 4.74 Å². The number of nitrogens with zero attached hydrogens (tertiary/aromatic N) is 1. The summed E-state index contributed by atoms with van der Waals surface area (Å²) >= 11 is 0. The number of likely N-dealkylation sites (tertiary alicyclic amines) is 1. The van der Waals surface area contributed by atoms with Crippen LogP contribution >= 0.6 is 0 Å². The van der Waals surface area contributed by atoms with Crippen LogP contribution in [0.15, 0.2) is 0 Å². The first-order chi connectivity index (χ1) is 5.83. The largest absolute Gasteiger partial charge is 0.459 e. The highest BCUT2D eigenvalue weighted by Crippen LogP contribution is 2.05. The summed E-state index contributed by atoms with van der Waals surface area (Å²) in [4.78, 5) is 12.8. The Morgan fingerprint density at radius 2 is 2.17 bits per heavy atom. The number of ether oxygens (including phenoxy) is 1. The van der Waals surface area contributed by atoms with Gasteiger partial charge in [-0.15, -0.1) is 0 Å². The molecule has 0 aliphatic carbocycles. The number of rotatable bonds is 1. The highest BCUT2D eigenvalue weighted by Gasteiger charge is 2.08. The van der Waals surface area contributed by atoms with Crippen LogP contribution in [0.5, 0.6) is 0 Å². The summed E-state index contributed by atoms with van der Waals surface area (Å²) in [7, 11) is 1.34. The molecule has 3 heteroatoms. The molecule has 12 heavy (non-hydrogen) atoms. The van der Waals surface area contributed by atoms with Gasteiger partial charge in [0.15, 0.2) is 0 Å². The molecule has 1 heterocycles. The van der Waals surface area contributed by atoms with E-state index in [-0.39, 0.29) is 0 Å². The van der Waals surface area contributed by atoms with Crippen molar-refractivity contribution in [2.45, 2.75) is 12.8 Å². The summed E-state index contributed by atoms with van der Waals surface area (Å²) in [5.41, 5.74) is 0. The van der Waals surface area contributed by atoms with Crippen LogP contribution in [0.1, 0.15) is 12.8 Å². The van der Waals surface area contributed by atoms with Gasteiger partial charge in [-0.2, -0.15) is 0 Å². The number of methoxy groups -OCH3 is 1. The third-order valence-electron chi connectivity index (χ3n) is 1.88. The fourth-order valence-corrected chi connectivity index (χ4v) is 1.22. The highest BCUT2D eigenvalue weighted by molar-refractivity contribution is 5.88. The van der Waals surface area contributed by atoms with Gasteiger partial charge in [0.25, 0.3) is 0 Å². The van der Waals surface area contributed by atoms with Gasteiger partial charge in [0.2, 0.25) is 0 Å². The third-order valence-corrected chi connectivity index (χ3v) is 1.88. The van der Waals surface area contributed by atoms with E-state index in [0.29, 0.717) is 6.54 Å². The topological polar surface area (TPSA) is 29.5 Å². The Morgan fingerprint density at radius 1 is 1.50 bits per heavy atom. The lowest BCUT2D eigenvalue weighted by Crippen LogP contribution is -2.19. The monoisotopic (exact) mass is 167 g/mol. The molecule has 0 aromatic heterocycles. The maximum atomic E-state index is 10.6. The molecule has 1 rings (SSSR count). The predicted molar refractivity (Wildman–Crippen MR) is 45.5 cm³/mol. The molecule has 0 aromatic carbocycles. The van der Waals surface area contributed by atoms with Crippen LogP contribution in [0.25, 0.3) is 0 Å². The van der Waals surface area contributed by atoms with E-state index < -0.39 is 5.97 Å². The van der Waals surface area contributed by atoms with Crippen molar-refractivity contribution in [2.24, 2.45) is 0 Å². The van der Waals surface area contributed by atoms with Crippen molar-refractivity contribution in [3.8, 4) is 11.8 Å². The minimum atomic E-state index is -0.450. The fraction of sp³-hybridized carbons (Fsp3) is 0.667. The molecular weight excluding hydrogens is 154 g/mol. The first-order valence-electron chi connectivity index (χ1n) is 4.12. The molecule has 0 N–H and O–H groups in total. The molecule has 66 valence electrons. The second-order valence-corrected chi connectivity index (χ2v) is 2.78. The molecule has 0 saturated carbocycles. The predicted octanol–water partition coefficient (Wildman–Crippen LogP) is 0.259. The average Bonchev–Trinajstić information content (AvgIpc) is 2.57. The number of esters is 1. The Morgan fingerprint density at radius 3 is 2.75 bits per heavy atom. The normalized spacial score (nSPS) is 16.8. The van der Waals surface area contributed by atoms with Crippen LogP contribution in [0, 0.1) is 11.8 Å². The summed E-state index contributed by atoms with van der Waals surface area (Å²) in [5, 5.41) is 0. The van der Waals surface area contributed by atoms with Gasteiger partial charge >= 0.3 is 5.97 Å². The maximum absolute atomic E-state index is 10.6. The zero-order valence-electron chi connectivity index (χ0n) is 7.30. The van der Waals surface area contributed by atoms with Crippen molar-refractivity contribution in [2.75, 3.05) is 26.7 Å². The Balaban J connectivity index is 2.21. The van der Waals surface area contributed by atoms with Gasteiger partial charge in [0.05, 0.1) is 13.7 Å². The summed E-state index contributed by atoms with van der Waals surface area (Å²) in [6.07, 6.45) is 2.50. The number of carbonyl (C=O) groups is 1. The molecule has 0 bridgehead atoms. The first kappa shape index (κ1) is 9.08. The number of hydrogen-bond acceptors (Lipinski definition) is 3. The van der Waals surface area contributed by atoms with Crippen molar-refractivity contribution in [1.29, 1.82) is 0 Å². The number of hydrogen-bond donors (Lipinski definition) is 0. The molecular formula is C9H13NO2. The molecule has 0 spiro atoms. The first-order valence-corrected chi connectivity index (χ1v) is 4.12. The lowest BCUT2D eigenvalue weighted by molar-refractivity contribution is -0.133. The summed E-state index contributed by atoms with van der Waals surface area (Å²) < 4.78 is 4.38. The van der Waals surface area contributed by atoms with E-state index in [1.807, 2.05) is 0 Å². The van der Waals surface area contributed by atoms with Gasteiger partial charge in [-0.3, -0.25) is 4.90 Å². The molecule has 1 aliphatic rings. The van der Waals surface area contributed by atoms with Crippen LogP contribution in [-0.2, 0) is 9.53 Å². The van der Waals surface area contributed by atoms with Crippen LogP contribution < -0.4 is 0 Å². The molecule has 1 aliphatic heterocycles. The zero-order valence-corrected chi connectivity index (χ0v) is 7.30. The summed E-state index contributed by atoms with van der Waals surface area (Å²) in [6, 6.07) is 0. The van der Waals surface area contributed by atoms with E-state index in [9.17, 15) is 4.79 Å². The average molecular weight is 167 g/mol. The SMILES string of the molecule is COC(=O)C#CCN1CCCC1. The van der Waals surface area contributed by atoms with Crippen LogP contribution in [0.3, 0.4) is 0 Å². The summed E-state index contributed by atoms with van der Waals surface area (Å²) in [5.74, 6) is 4.74. The minimum absolute atomic E-state index is 0.450. The lowest BCUT2D eigenvalue weighted by atomic mass is 10.4. The second-order valence-electron chi connectivity index (χ2n) is 2.78. The Labute approximate surface area is 72.7 Å². The molecule has 1 fully saturated rings. The van der Waals surface area contributed by atoms with Crippen molar-refractivity contribution in [3.63, 3.8) is 0 Å². The maximum Gasteiger partial charge on any atom is 0.384 e. The van der Waals surface area contributed by atoms with Crippen LogP contribution in [0.4, 0.5) is 0 Å². The zero-order chi connectivity index (χ0) is 8.81. The summed E-state index contributed by atoms with van der Waals surface area (Å²) in [6.45, 7) is 2.90. The van der Waals surface area contributed by atoms with Crippen molar-refractivity contribution in [1.82, 2.24) is 4.90 Å². The van der Waals surface area contributed by atoms with Gasteiger partial charge in [0.1, 0.15) is 0 Å². The minimum Gasteiger partial charge on any atom is -0.459 e. The van der Waals surface area contributed by atoms with Crippen LogP contribution in [0.2, 0.25) is 0 Å². The molecule has 0 unspecified atom stereocenters. The fourth-order valence-electron chi connectivity index (χ4n) is 1.22. The Kier molecular flexibility index (Phi) is 3.62. The van der Waals surface area contributed by atoms with E-state index >= 15 is 0 Å². The second kappa shape index (κ2) is 4.78. The molecule has 1 saturated heterocycles. The highest BCUT2D eigenvalue weighted by atomic mass is 16.5. The smallest absolute Gasteiger partial charge is 0.384 e. The van der Waals surface area contributed by atoms with E-state index in [1.165, 1.54) is 20.0 Å². The molecule has 0 amide bonds. The van der Waals surface area contributed by atoms with Crippen LogP contribution in [-0.4, -0.2) is 37.6 Å². The Bertz CT molecular complexity index is 208. The lowest BCUT2D eigenvalue weighted by Gasteiger charge is -2.08. The van der Waals surface area contributed by atoms with E-state index in [0.717, 1.165) is 13.1 Å². The third kappa shape index (κ3) is 2.93. The molecule has 0 atom stereocenters. The van der Waals surface area contributed by atoms with Crippen molar-refractivity contribution >= 4 is 5.97 Å². The van der Waals surface area contributed by atoms with E-state index in [1.54, 1.807) is 0 Å². The Hall–Kier alpha value is -1.01. The van der Waals surface area contributed by atoms with E-state index in [2.05, 4.69) is 21.5 Å². The van der Waals surface area contributed by atoms with Crippen molar-refractivity contribution in [3.05, 3.63) is 0 Å². The quantitative estimate of drug-likeness (QED) is 0.319. The van der Waals surface area contributed by atoms with Gasteiger partial charge in [-0.25, -0.2) is 4.79 Å². The number of carbonyl (C=O) groups excluding carboxylic acids is 1. The van der Waals surface area contributed by atoms with E-state index in [4.69, 9.17) is 0 Å². The van der Waals surface area contributed by atoms with Crippen molar-refractivity contribution < 1.29 is 9.53 Å². The van der Waals surface area contributed by atoms with Gasteiger partial charge in [-0.1, -0.05) is 5.92 Å². The standard InChI is InChI=1S/C9H13NO2/c1-12-9(11)5-4-8-10-6-2-3-7-10/h2-3,6-8H2,1H3. The molecule has 0 aromatic rings.